The zero-order valence-corrected chi connectivity index (χ0v) is 42.8. The molecule has 0 bridgehead atoms. The predicted octanol–water partition coefficient (Wildman–Crippen LogP) is -1.26. The van der Waals surface area contributed by atoms with Gasteiger partial charge in [-0.15, -0.1) is 0 Å². The molecular formula is C47H66N10O12S3. The number of nitrogens with zero attached hydrogens (tertiary/aromatic N) is 1. The molecule has 3 aromatic rings. The van der Waals surface area contributed by atoms with E-state index in [1.165, 1.54) is 40.9 Å². The van der Waals surface area contributed by atoms with Crippen LogP contribution in [0, 0.1) is 5.92 Å². The Hall–Kier alpha value is -6.02. The first-order valence-corrected chi connectivity index (χ1v) is 26.0. The highest BCUT2D eigenvalue weighted by molar-refractivity contribution is 7.98. The maximum Gasteiger partial charge on any atom is 0.327 e. The number of carbonyl (C=O) groups excluding carboxylic acids is 8. The highest BCUT2D eigenvalue weighted by atomic mass is 32.2. The third-order valence-electron chi connectivity index (χ3n) is 11.7. The Balaban J connectivity index is 1.50. The molecule has 2 heterocycles. The van der Waals surface area contributed by atoms with Crippen LogP contribution in [0.2, 0.25) is 0 Å². The van der Waals surface area contributed by atoms with E-state index in [1.54, 1.807) is 44.5 Å². The predicted molar refractivity (Wildman–Crippen MR) is 276 cm³/mol. The van der Waals surface area contributed by atoms with E-state index < -0.39 is 115 Å². The molecule has 0 unspecified atom stereocenters. The summed E-state index contributed by atoms with van der Waals surface area (Å²) >= 11 is 9.50. The summed E-state index contributed by atoms with van der Waals surface area (Å²) in [7, 11) is 0. The molecule has 13 N–H and O–H groups in total. The number of nitrogens with one attached hydrogen (secondary N) is 8. The number of aliphatic carboxylic acids is 1. The lowest BCUT2D eigenvalue weighted by Crippen LogP contribution is -2.59. The number of aliphatic hydroxyl groups is 1. The summed E-state index contributed by atoms with van der Waals surface area (Å²) in [5.74, 6) is -7.48. The fourth-order valence-corrected chi connectivity index (χ4v) is 8.76. The van der Waals surface area contributed by atoms with Crippen LogP contribution < -0.4 is 43.0 Å². The first-order chi connectivity index (χ1) is 34.3. The number of benzene rings is 2. The number of thioether (sulfide) groups is 1. The SMILES string of the molecule is CSCC[C@H](NC(=O)[C@@H]1CCCN1C(=O)[C@@H](N)CS)C(=O)N[C@@H](CO)C(=O)NCC(=O)N[C@@H](Cc1c[nH]c2ccccc12)C(=O)N[C@@H](CC(C)C)C(=O)N[C@@H](Cc1ccc(O)cc1)C(=O)N[C@@H](CS)C(=O)O. The normalized spacial score (nSPS) is 16.3. The van der Waals surface area contributed by atoms with Crippen LogP contribution in [0.1, 0.15) is 50.7 Å². The molecule has 1 aliphatic heterocycles. The molecule has 25 heteroatoms. The van der Waals surface area contributed by atoms with Crippen LogP contribution in [-0.4, -0.2) is 170 Å². The molecule has 8 amide bonds. The number of hydrogen-bond acceptors (Lipinski definition) is 15. The van der Waals surface area contributed by atoms with Gasteiger partial charge in [0, 0.05) is 48.0 Å². The lowest BCUT2D eigenvalue weighted by Gasteiger charge is -2.28. The average Bonchev–Trinajstić information content (AvgIpc) is 4.02. The monoisotopic (exact) mass is 1060 g/mol. The third-order valence-corrected chi connectivity index (χ3v) is 13.1. The van der Waals surface area contributed by atoms with Crippen molar-refractivity contribution in [3.05, 3.63) is 65.9 Å². The van der Waals surface area contributed by atoms with Crippen LogP contribution in [0.3, 0.4) is 0 Å². The van der Waals surface area contributed by atoms with E-state index in [1.807, 2.05) is 6.07 Å². The highest BCUT2D eigenvalue weighted by Crippen LogP contribution is 2.21. The van der Waals surface area contributed by atoms with E-state index in [0.29, 0.717) is 36.3 Å². The molecule has 1 aromatic heterocycles. The van der Waals surface area contributed by atoms with Crippen LogP contribution in [0.25, 0.3) is 10.9 Å². The molecule has 72 heavy (non-hydrogen) atoms. The summed E-state index contributed by atoms with van der Waals surface area (Å²) in [6.07, 6.45) is 4.29. The van der Waals surface area contributed by atoms with Gasteiger partial charge in [-0.25, -0.2) is 4.79 Å². The minimum atomic E-state index is -1.58. The van der Waals surface area contributed by atoms with Crippen molar-refractivity contribution >= 4 is 101 Å². The van der Waals surface area contributed by atoms with Crippen molar-refractivity contribution < 1.29 is 58.5 Å². The van der Waals surface area contributed by atoms with Crippen molar-refractivity contribution in [2.24, 2.45) is 11.7 Å². The molecule has 394 valence electrons. The van der Waals surface area contributed by atoms with Crippen LogP contribution >= 0.6 is 37.0 Å². The standard InChI is InChI=1S/C47H66N10O12S3/c1-25(2)17-33(42(63)54-34(18-26-10-12-28(59)13-11-26)43(64)56-37(24-71)47(68)69)53-44(65)35(19-27-20-49-31-8-5-4-7-29(27)31)51-39(60)21-50-40(61)36(22-58)55-41(62)32(14-16-72-3)52-45(66)38-9-6-15-57(38)46(67)30(48)23-70/h4-5,7-8,10-13,20,25,30,32-38,49,58-59,70-71H,6,9,14-19,21-24,48H2,1-3H3,(H,50,61)(H,51,60)(H,52,66)(H,53,65)(H,54,63)(H,55,62)(H,56,64)(H,68,69)/t30-,32-,33-,34-,35-,36-,37-,38-/m0/s1. The number of fused-ring (bicyclic) bond motifs is 1. The topological polar surface area (TPSA) is 344 Å². The number of rotatable bonds is 28. The molecule has 0 spiro atoms. The number of aromatic nitrogens is 1. The zero-order chi connectivity index (χ0) is 53.1. The minimum absolute atomic E-state index is 0.0476. The fourth-order valence-electron chi connectivity index (χ4n) is 7.88. The van der Waals surface area contributed by atoms with Crippen LogP contribution in [-0.2, 0) is 56.0 Å². The van der Waals surface area contributed by atoms with Gasteiger partial charge in [-0.1, -0.05) is 44.2 Å². The highest BCUT2D eigenvalue weighted by Gasteiger charge is 2.38. The second-order valence-corrected chi connectivity index (χ2v) is 19.4. The number of nitrogens with two attached hydrogens (primary N) is 1. The smallest absolute Gasteiger partial charge is 0.327 e. The van der Waals surface area contributed by atoms with Gasteiger partial charge in [0.2, 0.25) is 47.3 Å². The number of hydrogen-bond donors (Lipinski definition) is 14. The number of aliphatic hydroxyl groups excluding tert-OH is 1. The number of phenols is 1. The Bertz CT molecular complexity index is 2370. The number of carboxylic acids is 1. The largest absolute Gasteiger partial charge is 0.508 e. The van der Waals surface area contributed by atoms with Gasteiger partial charge in [0.1, 0.15) is 48.0 Å². The number of carbonyl (C=O) groups is 9. The van der Waals surface area contributed by atoms with Gasteiger partial charge in [-0.2, -0.15) is 37.0 Å². The molecule has 2 aromatic carbocycles. The van der Waals surface area contributed by atoms with Gasteiger partial charge in [-0.3, -0.25) is 38.4 Å². The Labute approximate surface area is 432 Å². The summed E-state index contributed by atoms with van der Waals surface area (Å²) < 4.78 is 0. The fraction of sp³-hybridized carbons (Fsp3) is 0.511. The number of aromatic amines is 1. The first-order valence-electron chi connectivity index (χ1n) is 23.3. The summed E-state index contributed by atoms with van der Waals surface area (Å²) in [5.41, 5.74) is 7.74. The second kappa shape index (κ2) is 28.9. The van der Waals surface area contributed by atoms with Gasteiger partial charge in [0.05, 0.1) is 19.2 Å². The molecule has 8 atom stereocenters. The molecule has 0 radical (unpaired) electrons. The van der Waals surface area contributed by atoms with E-state index in [2.05, 4.69) is 67.5 Å². The number of phenolic OH excluding ortho intramolecular Hbond substituents is 1. The van der Waals surface area contributed by atoms with Gasteiger partial charge in [0.15, 0.2) is 0 Å². The van der Waals surface area contributed by atoms with Crippen LogP contribution in [0.15, 0.2) is 54.7 Å². The summed E-state index contributed by atoms with van der Waals surface area (Å²) in [6.45, 7) is 2.26. The van der Waals surface area contributed by atoms with Gasteiger partial charge in [0.25, 0.3) is 0 Å². The Morgan fingerprint density at radius 2 is 1.39 bits per heavy atom. The van der Waals surface area contributed by atoms with E-state index in [-0.39, 0.29) is 48.9 Å². The Morgan fingerprint density at radius 3 is 2.01 bits per heavy atom. The quantitative estimate of drug-likeness (QED) is 0.0378. The van der Waals surface area contributed by atoms with Gasteiger partial charge in [-0.05, 0) is 72.9 Å². The summed E-state index contributed by atoms with van der Waals surface area (Å²) in [4.78, 5) is 125. The number of thiol groups is 2. The molecular weight excluding hydrogens is 993 g/mol. The lowest BCUT2D eigenvalue weighted by atomic mass is 9.99. The van der Waals surface area contributed by atoms with E-state index in [9.17, 15) is 58.5 Å². The molecule has 1 fully saturated rings. The second-order valence-electron chi connectivity index (χ2n) is 17.7. The number of aromatic hydroxyl groups is 1. The summed E-state index contributed by atoms with van der Waals surface area (Å²) in [5, 5.41) is 48.1. The van der Waals surface area contributed by atoms with E-state index in [4.69, 9.17) is 5.73 Å². The van der Waals surface area contributed by atoms with Crippen LogP contribution in [0.4, 0.5) is 0 Å². The van der Waals surface area contributed by atoms with Crippen molar-refractivity contribution in [3.8, 4) is 5.75 Å². The zero-order valence-electron chi connectivity index (χ0n) is 40.2. The molecule has 1 aliphatic rings. The average molecular weight is 1060 g/mol. The van der Waals surface area contributed by atoms with Crippen molar-refractivity contribution in [1.82, 2.24) is 47.1 Å². The number of H-pyrrole nitrogens is 1. The molecule has 0 aliphatic carbocycles. The number of amides is 8. The first kappa shape index (κ1) is 58.5. The van der Waals surface area contributed by atoms with Crippen LogP contribution in [0.5, 0.6) is 5.75 Å². The van der Waals surface area contributed by atoms with E-state index in [0.717, 1.165) is 10.9 Å². The molecule has 0 saturated carbocycles. The lowest BCUT2D eigenvalue weighted by molar-refractivity contribution is -0.141. The molecule has 1 saturated heterocycles. The third kappa shape index (κ3) is 17.3. The maximum atomic E-state index is 14.3. The van der Waals surface area contributed by atoms with Crippen molar-refractivity contribution in [3.63, 3.8) is 0 Å². The van der Waals surface area contributed by atoms with Crippen molar-refractivity contribution in [1.29, 1.82) is 0 Å². The Kier molecular flexibility index (Phi) is 23.5. The van der Waals surface area contributed by atoms with E-state index >= 15 is 0 Å². The molecule has 4 rings (SSSR count). The van der Waals surface area contributed by atoms with Crippen molar-refractivity contribution in [2.75, 3.05) is 43.2 Å². The molecule has 22 nitrogen and oxygen atoms in total. The number of likely N-dealkylation sites (tertiary alicyclic amines) is 1. The minimum Gasteiger partial charge on any atom is -0.508 e. The number of carboxylic acid groups (broad SMARTS) is 1. The van der Waals surface area contributed by atoms with Crippen molar-refractivity contribution in [2.45, 2.75) is 101 Å². The van der Waals surface area contributed by atoms with Gasteiger partial charge >= 0.3 is 5.97 Å². The Morgan fingerprint density at radius 1 is 0.778 bits per heavy atom. The summed E-state index contributed by atoms with van der Waals surface area (Å²) in [6, 6.07) is 3.08. The number of para-hydroxylation sites is 1. The maximum absolute atomic E-state index is 14.3. The van der Waals surface area contributed by atoms with Gasteiger partial charge < -0.3 is 68.2 Å².